The predicted molar refractivity (Wildman–Crippen MR) is 67.4 cm³/mol. The third kappa shape index (κ3) is 2.64. The molecule has 0 spiro atoms. The summed E-state index contributed by atoms with van der Waals surface area (Å²) < 4.78 is 0. The zero-order valence-corrected chi connectivity index (χ0v) is 9.41. The molecule has 0 aliphatic heterocycles. The van der Waals surface area contributed by atoms with Crippen molar-refractivity contribution in [3.63, 3.8) is 0 Å². The van der Waals surface area contributed by atoms with Gasteiger partial charge in [0.1, 0.15) is 0 Å². The van der Waals surface area contributed by atoms with Crippen molar-refractivity contribution in [2.75, 3.05) is 11.1 Å². The van der Waals surface area contributed by atoms with Crippen LogP contribution in [0.15, 0.2) is 42.6 Å². The summed E-state index contributed by atoms with van der Waals surface area (Å²) in [5, 5.41) is 3.85. The van der Waals surface area contributed by atoms with Crippen LogP contribution in [0.1, 0.15) is 5.69 Å². The second-order valence-corrected chi connectivity index (χ2v) is 3.84. The first-order chi connectivity index (χ1) is 7.75. The fourth-order valence-corrected chi connectivity index (χ4v) is 1.56. The third-order valence-corrected chi connectivity index (χ3v) is 2.43. The Bertz CT molecular complexity index is 471. The number of nitrogens with one attached hydrogen (secondary N) is 1. The number of hydrogen-bond acceptors (Lipinski definition) is 3. The molecule has 0 bridgehead atoms. The largest absolute Gasteiger partial charge is 0.397 e. The average Bonchev–Trinajstić information content (AvgIpc) is 2.29. The molecule has 0 fully saturated rings. The zero-order chi connectivity index (χ0) is 11.4. The van der Waals surface area contributed by atoms with Gasteiger partial charge in [0, 0.05) is 11.2 Å². The Balaban J connectivity index is 2.05. The predicted octanol–water partition coefficient (Wildman–Crippen LogP) is 2.93. The van der Waals surface area contributed by atoms with E-state index in [1.165, 1.54) is 0 Å². The number of pyridine rings is 1. The van der Waals surface area contributed by atoms with Crippen LogP contribution in [0, 0.1) is 0 Å². The first-order valence-electron chi connectivity index (χ1n) is 4.94. The first-order valence-corrected chi connectivity index (χ1v) is 5.32. The molecule has 2 rings (SSSR count). The molecule has 0 unspecified atom stereocenters. The van der Waals surface area contributed by atoms with Crippen LogP contribution in [0.5, 0.6) is 0 Å². The molecule has 0 aliphatic rings. The molecular formula is C12H12ClN3. The second-order valence-electron chi connectivity index (χ2n) is 3.41. The van der Waals surface area contributed by atoms with Gasteiger partial charge in [0.2, 0.25) is 0 Å². The normalized spacial score (nSPS) is 10.1. The van der Waals surface area contributed by atoms with E-state index in [-0.39, 0.29) is 0 Å². The molecule has 2 aromatic rings. The molecular weight excluding hydrogens is 222 g/mol. The first kappa shape index (κ1) is 10.8. The number of halogens is 1. The van der Waals surface area contributed by atoms with E-state index in [9.17, 15) is 0 Å². The van der Waals surface area contributed by atoms with E-state index in [2.05, 4.69) is 10.3 Å². The minimum absolute atomic E-state index is 0.640. The Morgan fingerprint density at radius 3 is 2.81 bits per heavy atom. The fraction of sp³-hybridized carbons (Fsp3) is 0.0833. The minimum atomic E-state index is 0.640. The molecule has 1 aromatic carbocycles. The number of aromatic nitrogens is 1. The monoisotopic (exact) mass is 233 g/mol. The lowest BCUT2D eigenvalue weighted by Gasteiger charge is -2.08. The van der Waals surface area contributed by atoms with Crippen LogP contribution in [-0.4, -0.2) is 4.98 Å². The summed E-state index contributed by atoms with van der Waals surface area (Å²) in [6, 6.07) is 11.2. The topological polar surface area (TPSA) is 50.9 Å². The molecule has 0 saturated carbocycles. The Kier molecular flexibility index (Phi) is 3.27. The lowest BCUT2D eigenvalue weighted by molar-refractivity contribution is 1.05. The van der Waals surface area contributed by atoms with E-state index < -0.39 is 0 Å². The third-order valence-electron chi connectivity index (χ3n) is 2.20. The summed E-state index contributed by atoms with van der Waals surface area (Å²) in [5.74, 6) is 0. The number of hydrogen-bond donors (Lipinski definition) is 2. The molecule has 3 nitrogen and oxygen atoms in total. The summed E-state index contributed by atoms with van der Waals surface area (Å²) in [4.78, 5) is 4.21. The van der Waals surface area contributed by atoms with E-state index >= 15 is 0 Å². The van der Waals surface area contributed by atoms with E-state index in [0.29, 0.717) is 17.3 Å². The van der Waals surface area contributed by atoms with Crippen LogP contribution >= 0.6 is 11.6 Å². The maximum absolute atomic E-state index is 5.82. The SMILES string of the molecule is Nc1cc(Cl)ccc1NCc1ccccn1. The number of nitrogens with two attached hydrogens (primary N) is 1. The number of nitrogen functional groups attached to an aromatic ring is 1. The number of anilines is 2. The summed E-state index contributed by atoms with van der Waals surface area (Å²) >= 11 is 5.81. The number of benzene rings is 1. The highest BCUT2D eigenvalue weighted by Crippen LogP contribution is 2.22. The molecule has 0 amide bonds. The molecule has 1 aromatic heterocycles. The van der Waals surface area contributed by atoms with Gasteiger partial charge in [0.15, 0.2) is 0 Å². The average molecular weight is 234 g/mol. The van der Waals surface area contributed by atoms with Crippen LogP contribution in [-0.2, 0) is 6.54 Å². The standard InChI is InChI=1S/C12H12ClN3/c13-9-4-5-12(11(14)7-9)16-8-10-3-1-2-6-15-10/h1-7,16H,8,14H2. The fourth-order valence-electron chi connectivity index (χ4n) is 1.38. The maximum Gasteiger partial charge on any atom is 0.0594 e. The van der Waals surface area contributed by atoms with Crippen molar-refractivity contribution in [3.8, 4) is 0 Å². The summed E-state index contributed by atoms with van der Waals surface area (Å²) in [6.07, 6.45) is 1.77. The van der Waals surface area contributed by atoms with Crippen LogP contribution in [0.25, 0.3) is 0 Å². The lowest BCUT2D eigenvalue weighted by atomic mass is 10.2. The van der Waals surface area contributed by atoms with Crippen molar-refractivity contribution in [1.29, 1.82) is 0 Å². The molecule has 0 atom stereocenters. The van der Waals surface area contributed by atoms with Crippen molar-refractivity contribution in [3.05, 3.63) is 53.3 Å². The number of rotatable bonds is 3. The Labute approximate surface area is 99.3 Å². The highest BCUT2D eigenvalue weighted by Gasteiger charge is 1.99. The zero-order valence-electron chi connectivity index (χ0n) is 8.65. The maximum atomic E-state index is 5.82. The highest BCUT2D eigenvalue weighted by molar-refractivity contribution is 6.31. The number of nitrogens with zero attached hydrogens (tertiary/aromatic N) is 1. The second kappa shape index (κ2) is 4.86. The summed E-state index contributed by atoms with van der Waals surface area (Å²) in [5.41, 5.74) is 8.30. The van der Waals surface area contributed by atoms with Crippen molar-refractivity contribution < 1.29 is 0 Å². The van der Waals surface area contributed by atoms with Gasteiger partial charge < -0.3 is 11.1 Å². The lowest BCUT2D eigenvalue weighted by Crippen LogP contribution is -2.03. The summed E-state index contributed by atoms with van der Waals surface area (Å²) in [7, 11) is 0. The van der Waals surface area contributed by atoms with Crippen molar-refractivity contribution in [2.45, 2.75) is 6.54 Å². The van der Waals surface area contributed by atoms with Crippen molar-refractivity contribution in [2.24, 2.45) is 0 Å². The molecule has 3 N–H and O–H groups in total. The van der Waals surface area contributed by atoms with Crippen LogP contribution in [0.4, 0.5) is 11.4 Å². The van der Waals surface area contributed by atoms with Gasteiger partial charge in [-0.05, 0) is 30.3 Å². The van der Waals surface area contributed by atoms with Gasteiger partial charge in [-0.1, -0.05) is 17.7 Å². The van der Waals surface area contributed by atoms with Gasteiger partial charge in [0.25, 0.3) is 0 Å². The van der Waals surface area contributed by atoms with Crippen LogP contribution in [0.2, 0.25) is 5.02 Å². The highest BCUT2D eigenvalue weighted by atomic mass is 35.5. The van der Waals surface area contributed by atoms with Crippen LogP contribution in [0.3, 0.4) is 0 Å². The smallest absolute Gasteiger partial charge is 0.0594 e. The van der Waals surface area contributed by atoms with Gasteiger partial charge >= 0.3 is 0 Å². The Morgan fingerprint density at radius 2 is 2.12 bits per heavy atom. The van der Waals surface area contributed by atoms with E-state index in [0.717, 1.165) is 11.4 Å². The quantitative estimate of drug-likeness (QED) is 0.802. The molecule has 1 heterocycles. The van der Waals surface area contributed by atoms with Gasteiger partial charge in [-0.25, -0.2) is 0 Å². The van der Waals surface area contributed by atoms with Crippen molar-refractivity contribution in [1.82, 2.24) is 4.98 Å². The Hall–Kier alpha value is -1.74. The molecule has 82 valence electrons. The minimum Gasteiger partial charge on any atom is -0.397 e. The molecule has 0 aliphatic carbocycles. The summed E-state index contributed by atoms with van der Waals surface area (Å²) in [6.45, 7) is 0.646. The molecule has 16 heavy (non-hydrogen) atoms. The molecule has 0 saturated heterocycles. The van der Waals surface area contributed by atoms with Gasteiger partial charge in [0.05, 0.1) is 23.6 Å². The van der Waals surface area contributed by atoms with Gasteiger partial charge in [-0.2, -0.15) is 0 Å². The van der Waals surface area contributed by atoms with Gasteiger partial charge in [-0.15, -0.1) is 0 Å². The molecule has 0 radical (unpaired) electrons. The van der Waals surface area contributed by atoms with Crippen molar-refractivity contribution >= 4 is 23.0 Å². The molecule has 4 heteroatoms. The van der Waals surface area contributed by atoms with Gasteiger partial charge in [-0.3, -0.25) is 4.98 Å². The van der Waals surface area contributed by atoms with E-state index in [4.69, 9.17) is 17.3 Å². The van der Waals surface area contributed by atoms with E-state index in [1.807, 2.05) is 24.3 Å². The van der Waals surface area contributed by atoms with E-state index in [1.54, 1.807) is 18.3 Å². The van der Waals surface area contributed by atoms with Crippen LogP contribution < -0.4 is 11.1 Å². The Morgan fingerprint density at radius 1 is 1.25 bits per heavy atom.